The standard InChI is InChI=1S/C17H26N2O4S/c1-9-13-12(10(2)20)16(21)18(13)14(17(22)23)15(9)24-11-5-7-19(3,4)8-6-11/h9-13,20H,5-8H2,1-4H3/t9-,10-,12-,13-/m1/s1. The van der Waals surface area contributed by atoms with Crippen molar-refractivity contribution in [3.8, 4) is 0 Å². The van der Waals surface area contributed by atoms with Crippen LogP contribution in [0.4, 0.5) is 0 Å². The zero-order valence-electron chi connectivity index (χ0n) is 14.7. The Hall–Kier alpha value is -1.05. The maximum Gasteiger partial charge on any atom is 0.235 e. The monoisotopic (exact) mass is 354 g/mol. The van der Waals surface area contributed by atoms with Crippen LogP contribution in [-0.4, -0.2) is 70.9 Å². The molecule has 0 radical (unpaired) electrons. The first-order chi connectivity index (χ1) is 11.1. The molecule has 4 atom stereocenters. The van der Waals surface area contributed by atoms with Gasteiger partial charge < -0.3 is 24.4 Å². The number of amides is 1. The summed E-state index contributed by atoms with van der Waals surface area (Å²) in [6, 6.07) is -0.247. The molecule has 3 aliphatic heterocycles. The third-order valence-corrected chi connectivity index (χ3v) is 7.33. The van der Waals surface area contributed by atoms with Crippen molar-refractivity contribution in [2.24, 2.45) is 11.8 Å². The minimum Gasteiger partial charge on any atom is -0.543 e. The lowest BCUT2D eigenvalue weighted by molar-refractivity contribution is -0.894. The molecule has 2 saturated heterocycles. The van der Waals surface area contributed by atoms with E-state index in [0.29, 0.717) is 5.25 Å². The Balaban J connectivity index is 1.81. The minimum atomic E-state index is -1.28. The van der Waals surface area contributed by atoms with Crippen LogP contribution in [-0.2, 0) is 9.59 Å². The summed E-state index contributed by atoms with van der Waals surface area (Å²) in [4.78, 5) is 26.1. The van der Waals surface area contributed by atoms with Crippen LogP contribution in [0.3, 0.4) is 0 Å². The molecule has 0 aromatic heterocycles. The molecule has 0 saturated carbocycles. The number of carboxylic acids is 1. The highest BCUT2D eigenvalue weighted by atomic mass is 32.2. The van der Waals surface area contributed by atoms with Crippen LogP contribution in [0.5, 0.6) is 0 Å². The molecule has 0 spiro atoms. The maximum atomic E-state index is 12.3. The molecule has 0 unspecified atom stereocenters. The van der Waals surface area contributed by atoms with E-state index in [1.54, 1.807) is 18.7 Å². The molecule has 2 fully saturated rings. The SMILES string of the molecule is C[C@@H](O)[C@H]1C(=O)N2C(C(=O)[O-])=C(SC3CC[N+](C)(C)CC3)[C@H](C)[C@H]12. The highest BCUT2D eigenvalue weighted by molar-refractivity contribution is 8.03. The van der Waals surface area contributed by atoms with E-state index in [-0.39, 0.29) is 23.6 Å². The molecule has 134 valence electrons. The third-order valence-electron chi connectivity index (χ3n) is 5.71. The lowest BCUT2D eigenvalue weighted by atomic mass is 9.79. The number of β-lactam (4-membered cyclic amide) rings is 1. The lowest BCUT2D eigenvalue weighted by Crippen LogP contribution is -2.64. The summed E-state index contributed by atoms with van der Waals surface area (Å²) >= 11 is 1.61. The largest absolute Gasteiger partial charge is 0.543 e. The van der Waals surface area contributed by atoms with Crippen molar-refractivity contribution in [2.45, 2.75) is 44.1 Å². The van der Waals surface area contributed by atoms with E-state index in [0.717, 1.165) is 35.3 Å². The van der Waals surface area contributed by atoms with E-state index in [1.807, 2.05) is 6.92 Å². The van der Waals surface area contributed by atoms with Crippen molar-refractivity contribution in [2.75, 3.05) is 27.2 Å². The van der Waals surface area contributed by atoms with Crippen molar-refractivity contribution >= 4 is 23.6 Å². The third kappa shape index (κ3) is 2.76. The number of hydrogen-bond acceptors (Lipinski definition) is 5. The van der Waals surface area contributed by atoms with E-state index in [1.165, 1.54) is 4.90 Å². The number of carbonyl (C=O) groups is 2. The van der Waals surface area contributed by atoms with Gasteiger partial charge in [0, 0.05) is 28.9 Å². The molecular formula is C17H26N2O4S. The average molecular weight is 354 g/mol. The number of nitrogens with zero attached hydrogens (tertiary/aromatic N) is 2. The predicted molar refractivity (Wildman–Crippen MR) is 89.5 cm³/mol. The van der Waals surface area contributed by atoms with E-state index in [4.69, 9.17) is 0 Å². The number of aliphatic carboxylic acids is 1. The molecule has 0 aromatic carbocycles. The second kappa shape index (κ2) is 6.04. The summed E-state index contributed by atoms with van der Waals surface area (Å²) < 4.78 is 0.996. The molecule has 1 N–H and O–H groups in total. The highest BCUT2D eigenvalue weighted by Crippen LogP contribution is 2.51. The van der Waals surface area contributed by atoms with Gasteiger partial charge in [-0.3, -0.25) is 4.79 Å². The van der Waals surface area contributed by atoms with E-state index >= 15 is 0 Å². The van der Waals surface area contributed by atoms with Crippen LogP contribution in [0, 0.1) is 11.8 Å². The maximum absolute atomic E-state index is 12.3. The number of aliphatic hydroxyl groups is 1. The molecule has 0 aromatic rings. The Morgan fingerprint density at radius 3 is 2.46 bits per heavy atom. The van der Waals surface area contributed by atoms with E-state index < -0.39 is 18.0 Å². The highest BCUT2D eigenvalue weighted by Gasteiger charge is 2.58. The molecule has 0 aliphatic carbocycles. The van der Waals surface area contributed by atoms with Gasteiger partial charge in [0.15, 0.2) is 0 Å². The van der Waals surface area contributed by atoms with Gasteiger partial charge >= 0.3 is 0 Å². The summed E-state index contributed by atoms with van der Waals surface area (Å²) in [6.07, 6.45) is 1.31. The van der Waals surface area contributed by atoms with Crippen LogP contribution in [0.25, 0.3) is 0 Å². The molecule has 24 heavy (non-hydrogen) atoms. The molecule has 7 heteroatoms. The summed E-state index contributed by atoms with van der Waals surface area (Å²) in [6.45, 7) is 5.70. The summed E-state index contributed by atoms with van der Waals surface area (Å²) in [5, 5.41) is 21.9. The quantitative estimate of drug-likeness (QED) is 0.558. The van der Waals surface area contributed by atoms with E-state index in [2.05, 4.69) is 14.1 Å². The van der Waals surface area contributed by atoms with Gasteiger partial charge in [0.2, 0.25) is 5.91 Å². The number of piperidine rings is 1. The zero-order chi connectivity index (χ0) is 17.8. The van der Waals surface area contributed by atoms with Crippen LogP contribution < -0.4 is 5.11 Å². The van der Waals surface area contributed by atoms with Crippen molar-refractivity contribution in [3.63, 3.8) is 0 Å². The Morgan fingerprint density at radius 1 is 1.38 bits per heavy atom. The fraction of sp³-hybridized carbons (Fsp3) is 0.765. The van der Waals surface area contributed by atoms with Crippen LogP contribution >= 0.6 is 11.8 Å². The van der Waals surface area contributed by atoms with Gasteiger partial charge in [-0.1, -0.05) is 6.92 Å². The molecule has 3 heterocycles. The topological polar surface area (TPSA) is 80.7 Å². The van der Waals surface area contributed by atoms with Crippen LogP contribution in [0.15, 0.2) is 10.6 Å². The summed E-state index contributed by atoms with van der Waals surface area (Å²) in [5.41, 5.74) is 0.0405. The van der Waals surface area contributed by atoms with Crippen LogP contribution in [0.2, 0.25) is 0 Å². The zero-order valence-corrected chi connectivity index (χ0v) is 15.5. The number of aliphatic hydroxyl groups excluding tert-OH is 1. The van der Waals surface area contributed by atoms with Crippen molar-refractivity contribution in [1.29, 1.82) is 0 Å². The second-order valence-corrected chi connectivity index (χ2v) is 9.30. The molecule has 3 rings (SSSR count). The number of rotatable bonds is 4. The second-order valence-electron chi connectivity index (χ2n) is 7.95. The average Bonchev–Trinajstić information content (AvgIpc) is 2.71. The Morgan fingerprint density at radius 2 is 1.96 bits per heavy atom. The predicted octanol–water partition coefficient (Wildman–Crippen LogP) is -0.223. The minimum absolute atomic E-state index is 0.0405. The number of likely N-dealkylation sites (tertiary alicyclic amines) is 1. The van der Waals surface area contributed by atoms with Gasteiger partial charge in [-0.25, -0.2) is 0 Å². The first-order valence-electron chi connectivity index (χ1n) is 8.59. The molecular weight excluding hydrogens is 328 g/mol. The number of hydrogen-bond donors (Lipinski definition) is 1. The van der Waals surface area contributed by atoms with E-state index in [9.17, 15) is 19.8 Å². The van der Waals surface area contributed by atoms with Crippen LogP contribution in [0.1, 0.15) is 26.7 Å². The number of carbonyl (C=O) groups excluding carboxylic acids is 2. The van der Waals surface area contributed by atoms with Gasteiger partial charge in [0.1, 0.15) is 0 Å². The molecule has 6 nitrogen and oxygen atoms in total. The summed E-state index contributed by atoms with van der Waals surface area (Å²) in [5.74, 6) is -2.15. The normalized spacial score (nSPS) is 34.1. The molecule has 0 bridgehead atoms. The first kappa shape index (κ1) is 17.8. The first-order valence-corrected chi connectivity index (χ1v) is 9.47. The van der Waals surface area contributed by atoms with Crippen molar-refractivity contribution in [1.82, 2.24) is 4.90 Å². The Labute approximate surface area is 147 Å². The fourth-order valence-corrected chi connectivity index (χ4v) is 5.66. The van der Waals surface area contributed by atoms with Gasteiger partial charge in [0.25, 0.3) is 0 Å². The van der Waals surface area contributed by atoms with Gasteiger partial charge in [-0.05, 0) is 6.92 Å². The fourth-order valence-electron chi connectivity index (χ4n) is 4.21. The number of thioether (sulfide) groups is 1. The molecule has 3 aliphatic rings. The van der Waals surface area contributed by atoms with Crippen molar-refractivity contribution < 1.29 is 24.3 Å². The Bertz CT molecular complexity index is 591. The molecule has 1 amide bonds. The van der Waals surface area contributed by atoms with Gasteiger partial charge in [-0.2, -0.15) is 0 Å². The Kier molecular flexibility index (Phi) is 4.47. The van der Waals surface area contributed by atoms with Gasteiger partial charge in [0.05, 0.1) is 56.9 Å². The van der Waals surface area contributed by atoms with Crippen molar-refractivity contribution in [3.05, 3.63) is 10.6 Å². The number of carboxylic acid groups (broad SMARTS) is 1. The lowest BCUT2D eigenvalue weighted by Gasteiger charge is -2.47. The van der Waals surface area contributed by atoms with Gasteiger partial charge in [-0.15, -0.1) is 11.8 Å². The summed E-state index contributed by atoms with van der Waals surface area (Å²) in [7, 11) is 4.42. The number of quaternary nitrogens is 1. The smallest absolute Gasteiger partial charge is 0.235 e. The number of fused-ring (bicyclic) bond motifs is 1.